The van der Waals surface area contributed by atoms with Crippen molar-refractivity contribution in [2.75, 3.05) is 20.2 Å². The molecule has 1 aromatic heterocycles. The van der Waals surface area contributed by atoms with E-state index in [1.807, 2.05) is 31.2 Å². The normalized spacial score (nSPS) is 17.7. The number of sulfonamides is 1. The second kappa shape index (κ2) is 8.83. The lowest BCUT2D eigenvalue weighted by atomic mass is 10.0. The number of nitrogens with zero attached hydrogens (tertiary/aromatic N) is 3. The van der Waals surface area contributed by atoms with Crippen molar-refractivity contribution in [2.24, 2.45) is 0 Å². The smallest absolute Gasteiger partial charge is 0.246 e. The summed E-state index contributed by atoms with van der Waals surface area (Å²) >= 11 is 1.58. The Morgan fingerprint density at radius 3 is 2.73 bits per heavy atom. The molecule has 0 spiro atoms. The van der Waals surface area contributed by atoms with Gasteiger partial charge in [-0.2, -0.15) is 4.31 Å². The van der Waals surface area contributed by atoms with E-state index in [0.29, 0.717) is 18.8 Å². The maximum Gasteiger partial charge on any atom is 0.246 e. The van der Waals surface area contributed by atoms with Crippen molar-refractivity contribution in [1.29, 1.82) is 0 Å². The van der Waals surface area contributed by atoms with Crippen molar-refractivity contribution in [1.82, 2.24) is 14.5 Å². The summed E-state index contributed by atoms with van der Waals surface area (Å²) in [4.78, 5) is 0.229. The van der Waals surface area contributed by atoms with Crippen LogP contribution in [0.25, 0.3) is 0 Å². The van der Waals surface area contributed by atoms with E-state index in [4.69, 9.17) is 4.74 Å². The third-order valence-corrected chi connectivity index (χ3v) is 8.32. The van der Waals surface area contributed by atoms with Crippen molar-refractivity contribution >= 4 is 21.4 Å². The van der Waals surface area contributed by atoms with E-state index in [-0.39, 0.29) is 10.8 Å². The summed E-state index contributed by atoms with van der Waals surface area (Å²) in [6.45, 7) is 2.80. The predicted molar refractivity (Wildman–Crippen MR) is 118 cm³/mol. The summed E-state index contributed by atoms with van der Waals surface area (Å²) in [6.07, 6.45) is 2.45. The molecule has 2 heterocycles. The highest BCUT2D eigenvalue weighted by Gasteiger charge is 2.34. The summed E-state index contributed by atoms with van der Waals surface area (Å²) in [7, 11) is -2.15. The van der Waals surface area contributed by atoms with Gasteiger partial charge < -0.3 is 4.74 Å². The fourth-order valence-electron chi connectivity index (χ4n) is 3.76. The van der Waals surface area contributed by atoms with Gasteiger partial charge in [-0.05, 0) is 43.0 Å². The summed E-state index contributed by atoms with van der Waals surface area (Å²) in [5.74, 6) is 0.440. The molecule has 6 nitrogen and oxygen atoms in total. The minimum atomic E-state index is -3.65. The van der Waals surface area contributed by atoms with Gasteiger partial charge in [0.05, 0.1) is 7.11 Å². The predicted octanol–water partition coefficient (Wildman–Crippen LogP) is 4.01. The third-order valence-electron chi connectivity index (χ3n) is 5.35. The lowest BCUT2D eigenvalue weighted by Crippen LogP contribution is -2.39. The Hall–Kier alpha value is -2.29. The topological polar surface area (TPSA) is 72.4 Å². The number of hydrogen-bond acceptors (Lipinski definition) is 6. The highest BCUT2D eigenvalue weighted by atomic mass is 32.2. The first kappa shape index (κ1) is 21.0. The standard InChI is InChI=1S/C22H25N3O3S2/c1-16-10-11-19(28-2)20(13-16)30(26,27)25-12-6-9-18(15-25)22-24-23-21(29-22)14-17-7-4-3-5-8-17/h3-5,7-8,10-11,13,18H,6,9,12,14-15H2,1-2H3/t18-/m1/s1. The quantitative estimate of drug-likeness (QED) is 0.575. The molecule has 0 saturated carbocycles. The maximum atomic E-state index is 13.4. The van der Waals surface area contributed by atoms with E-state index in [9.17, 15) is 8.42 Å². The summed E-state index contributed by atoms with van der Waals surface area (Å²) in [6, 6.07) is 15.4. The molecule has 0 amide bonds. The second-order valence-electron chi connectivity index (χ2n) is 7.55. The molecule has 3 aromatic rings. The lowest BCUT2D eigenvalue weighted by Gasteiger charge is -2.31. The summed E-state index contributed by atoms with van der Waals surface area (Å²) < 4.78 is 33.6. The van der Waals surface area contributed by atoms with Gasteiger partial charge in [0.1, 0.15) is 20.7 Å². The first-order valence-corrected chi connectivity index (χ1v) is 12.2. The largest absolute Gasteiger partial charge is 0.495 e. The third kappa shape index (κ3) is 4.40. The Bertz CT molecular complexity index is 1110. The zero-order valence-electron chi connectivity index (χ0n) is 17.1. The molecule has 0 radical (unpaired) electrons. The van der Waals surface area contributed by atoms with Crippen LogP contribution in [0.1, 0.15) is 39.9 Å². The molecule has 0 aliphatic carbocycles. The lowest BCUT2D eigenvalue weighted by molar-refractivity contribution is 0.312. The van der Waals surface area contributed by atoms with Gasteiger partial charge in [-0.15, -0.1) is 21.5 Å². The molecule has 1 fully saturated rings. The van der Waals surface area contributed by atoms with Gasteiger partial charge >= 0.3 is 0 Å². The summed E-state index contributed by atoms with van der Waals surface area (Å²) in [5, 5.41) is 10.6. The average Bonchev–Trinajstić information content (AvgIpc) is 3.23. The van der Waals surface area contributed by atoms with Crippen LogP contribution in [0.5, 0.6) is 5.75 Å². The van der Waals surface area contributed by atoms with Crippen LogP contribution in [-0.2, 0) is 16.4 Å². The SMILES string of the molecule is COc1ccc(C)cc1S(=O)(=O)N1CCC[C@@H](c2nnc(Cc3ccccc3)s2)C1. The fraction of sp³-hybridized carbons (Fsp3) is 0.364. The first-order chi connectivity index (χ1) is 14.5. The molecule has 8 heteroatoms. The van der Waals surface area contributed by atoms with Crippen LogP contribution in [0, 0.1) is 6.92 Å². The van der Waals surface area contributed by atoms with E-state index in [1.54, 1.807) is 27.8 Å². The van der Waals surface area contributed by atoms with Crippen molar-refractivity contribution in [3.8, 4) is 5.75 Å². The van der Waals surface area contributed by atoms with Crippen molar-refractivity contribution in [3.05, 3.63) is 69.7 Å². The molecule has 158 valence electrons. The zero-order chi connectivity index (χ0) is 21.1. The van der Waals surface area contributed by atoms with Crippen molar-refractivity contribution in [3.63, 3.8) is 0 Å². The number of piperidine rings is 1. The molecule has 0 bridgehead atoms. The van der Waals surface area contributed by atoms with E-state index in [2.05, 4.69) is 22.3 Å². The van der Waals surface area contributed by atoms with E-state index in [1.165, 1.54) is 12.7 Å². The Kier molecular flexibility index (Phi) is 6.17. The molecular formula is C22H25N3O3S2. The second-order valence-corrected chi connectivity index (χ2v) is 10.6. The highest BCUT2D eigenvalue weighted by Crippen LogP contribution is 2.34. The molecular weight excluding hydrogens is 418 g/mol. The molecule has 2 aromatic carbocycles. The zero-order valence-corrected chi connectivity index (χ0v) is 18.7. The molecule has 1 saturated heterocycles. The molecule has 30 heavy (non-hydrogen) atoms. The Labute approximate surface area is 181 Å². The van der Waals surface area contributed by atoms with Gasteiger partial charge in [0.25, 0.3) is 0 Å². The van der Waals surface area contributed by atoms with Crippen molar-refractivity contribution in [2.45, 2.75) is 37.0 Å². The molecule has 4 rings (SSSR count). The van der Waals surface area contributed by atoms with Crippen LogP contribution in [0.4, 0.5) is 0 Å². The molecule has 0 N–H and O–H groups in total. The number of rotatable bonds is 6. The number of aromatic nitrogens is 2. The molecule has 1 aliphatic heterocycles. The molecule has 0 unspecified atom stereocenters. The van der Waals surface area contributed by atoms with Gasteiger partial charge in [0, 0.05) is 25.4 Å². The van der Waals surface area contributed by atoms with Crippen LogP contribution in [0.3, 0.4) is 0 Å². The number of hydrogen-bond donors (Lipinski definition) is 0. The molecule has 1 atom stereocenters. The van der Waals surface area contributed by atoms with Crippen LogP contribution < -0.4 is 4.74 Å². The van der Waals surface area contributed by atoms with E-state index < -0.39 is 10.0 Å². The highest BCUT2D eigenvalue weighted by molar-refractivity contribution is 7.89. The number of methoxy groups -OCH3 is 1. The fourth-order valence-corrected chi connectivity index (χ4v) is 6.53. The Balaban J connectivity index is 1.53. The van der Waals surface area contributed by atoms with E-state index in [0.717, 1.165) is 34.8 Å². The van der Waals surface area contributed by atoms with Crippen molar-refractivity contribution < 1.29 is 13.2 Å². The first-order valence-electron chi connectivity index (χ1n) is 9.98. The Morgan fingerprint density at radius 1 is 1.17 bits per heavy atom. The van der Waals surface area contributed by atoms with Crippen LogP contribution in [-0.4, -0.2) is 43.1 Å². The van der Waals surface area contributed by atoms with Gasteiger partial charge in [-0.3, -0.25) is 0 Å². The monoisotopic (exact) mass is 443 g/mol. The van der Waals surface area contributed by atoms with Gasteiger partial charge in [0.15, 0.2) is 0 Å². The number of ether oxygens (including phenoxy) is 1. The van der Waals surface area contributed by atoms with E-state index >= 15 is 0 Å². The number of aryl methyl sites for hydroxylation is 1. The number of benzene rings is 2. The summed E-state index contributed by atoms with van der Waals surface area (Å²) in [5.41, 5.74) is 2.08. The van der Waals surface area contributed by atoms with Crippen LogP contribution >= 0.6 is 11.3 Å². The Morgan fingerprint density at radius 2 is 1.97 bits per heavy atom. The average molecular weight is 444 g/mol. The van der Waals surface area contributed by atoms with Crippen LogP contribution in [0.2, 0.25) is 0 Å². The minimum absolute atomic E-state index is 0.0614. The minimum Gasteiger partial charge on any atom is -0.495 e. The van der Waals surface area contributed by atoms with Gasteiger partial charge in [-0.1, -0.05) is 36.4 Å². The van der Waals surface area contributed by atoms with Gasteiger partial charge in [-0.25, -0.2) is 8.42 Å². The molecule has 1 aliphatic rings. The maximum absolute atomic E-state index is 13.4. The van der Waals surface area contributed by atoms with Gasteiger partial charge in [0.2, 0.25) is 10.0 Å². The van der Waals surface area contributed by atoms with Crippen LogP contribution in [0.15, 0.2) is 53.4 Å².